The molecule has 4 heteroatoms. The van der Waals surface area contributed by atoms with Crippen molar-refractivity contribution in [3.05, 3.63) is 16.6 Å². The van der Waals surface area contributed by atoms with Gasteiger partial charge in [0.1, 0.15) is 0 Å². The highest BCUT2D eigenvalue weighted by molar-refractivity contribution is 7.09. The van der Waals surface area contributed by atoms with Crippen LogP contribution in [0.25, 0.3) is 0 Å². The van der Waals surface area contributed by atoms with Crippen LogP contribution in [-0.4, -0.2) is 23.2 Å². The maximum Gasteiger partial charge on any atom is 0.0794 e. The fraction of sp³-hybridized carbons (Fsp3) is 0.700. The van der Waals surface area contributed by atoms with Gasteiger partial charge in [-0.2, -0.15) is 0 Å². The van der Waals surface area contributed by atoms with Gasteiger partial charge in [-0.05, 0) is 25.3 Å². The van der Waals surface area contributed by atoms with Crippen molar-refractivity contribution in [1.29, 1.82) is 0 Å². The summed E-state index contributed by atoms with van der Waals surface area (Å²) >= 11 is 1.68. The van der Waals surface area contributed by atoms with E-state index < -0.39 is 0 Å². The molecule has 0 bridgehead atoms. The SMILES string of the molecule is CC(CO)CCCNCc1cncs1. The lowest BCUT2D eigenvalue weighted by Crippen LogP contribution is -2.15. The van der Waals surface area contributed by atoms with Crippen LogP contribution in [0.15, 0.2) is 11.7 Å². The fourth-order valence-corrected chi connectivity index (χ4v) is 1.77. The van der Waals surface area contributed by atoms with Gasteiger partial charge in [0.15, 0.2) is 0 Å². The number of thiazole rings is 1. The van der Waals surface area contributed by atoms with E-state index in [0.29, 0.717) is 12.5 Å². The molecule has 1 aromatic rings. The topological polar surface area (TPSA) is 45.1 Å². The van der Waals surface area contributed by atoms with E-state index in [-0.39, 0.29) is 0 Å². The Labute approximate surface area is 89.2 Å². The molecule has 1 rings (SSSR count). The first-order valence-corrected chi connectivity index (χ1v) is 5.90. The Kier molecular flexibility index (Phi) is 5.75. The van der Waals surface area contributed by atoms with Gasteiger partial charge in [0.05, 0.1) is 5.51 Å². The van der Waals surface area contributed by atoms with Gasteiger partial charge < -0.3 is 10.4 Å². The summed E-state index contributed by atoms with van der Waals surface area (Å²) in [7, 11) is 0. The van der Waals surface area contributed by atoms with Gasteiger partial charge in [-0.1, -0.05) is 6.92 Å². The van der Waals surface area contributed by atoms with Crippen molar-refractivity contribution in [2.45, 2.75) is 26.3 Å². The molecule has 0 spiro atoms. The van der Waals surface area contributed by atoms with E-state index >= 15 is 0 Å². The average Bonchev–Trinajstić information content (AvgIpc) is 2.69. The quantitative estimate of drug-likeness (QED) is 0.678. The number of hydrogen-bond acceptors (Lipinski definition) is 4. The number of nitrogens with zero attached hydrogens (tertiary/aromatic N) is 1. The Balaban J connectivity index is 1.95. The first kappa shape index (κ1) is 11.6. The van der Waals surface area contributed by atoms with Crippen LogP contribution in [0.3, 0.4) is 0 Å². The van der Waals surface area contributed by atoms with Crippen LogP contribution < -0.4 is 5.32 Å². The van der Waals surface area contributed by atoms with E-state index in [1.165, 1.54) is 4.88 Å². The maximum atomic E-state index is 8.81. The van der Waals surface area contributed by atoms with Crippen molar-refractivity contribution in [3.8, 4) is 0 Å². The van der Waals surface area contributed by atoms with Crippen molar-refractivity contribution in [2.24, 2.45) is 5.92 Å². The number of aliphatic hydroxyl groups is 1. The lowest BCUT2D eigenvalue weighted by Gasteiger charge is -2.07. The molecule has 1 unspecified atom stereocenters. The molecular weight excluding hydrogens is 196 g/mol. The van der Waals surface area contributed by atoms with E-state index in [2.05, 4.69) is 17.2 Å². The Hall–Kier alpha value is -0.450. The van der Waals surface area contributed by atoms with Gasteiger partial charge in [-0.3, -0.25) is 4.98 Å². The number of nitrogens with one attached hydrogen (secondary N) is 1. The Morgan fingerprint density at radius 1 is 1.64 bits per heavy atom. The summed E-state index contributed by atoms with van der Waals surface area (Å²) in [5.41, 5.74) is 1.85. The summed E-state index contributed by atoms with van der Waals surface area (Å²) in [6.07, 6.45) is 4.11. The van der Waals surface area contributed by atoms with Crippen molar-refractivity contribution in [3.63, 3.8) is 0 Å². The standard InChI is InChI=1S/C10H18N2OS/c1-9(7-13)3-2-4-11-5-10-6-12-8-14-10/h6,8-9,11,13H,2-5,7H2,1H3. The van der Waals surface area contributed by atoms with Crippen LogP contribution >= 0.6 is 11.3 Å². The minimum atomic E-state index is 0.300. The molecule has 14 heavy (non-hydrogen) atoms. The third kappa shape index (κ3) is 4.69. The molecule has 1 atom stereocenters. The summed E-state index contributed by atoms with van der Waals surface area (Å²) in [5, 5.41) is 12.2. The molecule has 0 radical (unpaired) electrons. The normalized spacial score (nSPS) is 13.0. The Bertz CT molecular complexity index is 226. The monoisotopic (exact) mass is 214 g/mol. The minimum Gasteiger partial charge on any atom is -0.396 e. The van der Waals surface area contributed by atoms with Crippen LogP contribution in [0.1, 0.15) is 24.6 Å². The van der Waals surface area contributed by atoms with Crippen LogP contribution in [0.2, 0.25) is 0 Å². The summed E-state index contributed by atoms with van der Waals surface area (Å²) < 4.78 is 0. The highest BCUT2D eigenvalue weighted by Gasteiger charge is 1.99. The molecule has 3 nitrogen and oxygen atoms in total. The molecule has 0 fully saturated rings. The average molecular weight is 214 g/mol. The number of hydrogen-bond donors (Lipinski definition) is 2. The van der Waals surface area contributed by atoms with Crippen LogP contribution in [-0.2, 0) is 6.54 Å². The van der Waals surface area contributed by atoms with Crippen molar-refractivity contribution in [1.82, 2.24) is 10.3 Å². The van der Waals surface area contributed by atoms with E-state index in [0.717, 1.165) is 25.9 Å². The van der Waals surface area contributed by atoms with Gasteiger partial charge in [0.25, 0.3) is 0 Å². The van der Waals surface area contributed by atoms with Crippen LogP contribution in [0.5, 0.6) is 0 Å². The molecule has 0 aliphatic carbocycles. The molecule has 2 N–H and O–H groups in total. The maximum absolute atomic E-state index is 8.81. The first-order valence-electron chi connectivity index (χ1n) is 5.02. The lowest BCUT2D eigenvalue weighted by atomic mass is 10.1. The Morgan fingerprint density at radius 2 is 2.50 bits per heavy atom. The summed E-state index contributed by atoms with van der Waals surface area (Å²) in [6.45, 7) is 4.30. The molecular formula is C10H18N2OS. The number of rotatable bonds is 7. The summed E-state index contributed by atoms with van der Waals surface area (Å²) in [6, 6.07) is 0. The minimum absolute atomic E-state index is 0.300. The highest BCUT2D eigenvalue weighted by Crippen LogP contribution is 2.05. The molecule has 0 aliphatic rings. The highest BCUT2D eigenvalue weighted by atomic mass is 32.1. The summed E-state index contributed by atoms with van der Waals surface area (Å²) in [4.78, 5) is 5.29. The van der Waals surface area contributed by atoms with Crippen molar-refractivity contribution in [2.75, 3.05) is 13.2 Å². The molecule has 0 aromatic carbocycles. The Morgan fingerprint density at radius 3 is 3.14 bits per heavy atom. The molecule has 0 aliphatic heterocycles. The number of aromatic nitrogens is 1. The van der Waals surface area contributed by atoms with E-state index in [1.54, 1.807) is 11.3 Å². The molecule has 1 aromatic heterocycles. The molecule has 0 saturated heterocycles. The molecule has 0 amide bonds. The van der Waals surface area contributed by atoms with Crippen molar-refractivity contribution >= 4 is 11.3 Å². The fourth-order valence-electron chi connectivity index (χ4n) is 1.21. The van der Waals surface area contributed by atoms with Gasteiger partial charge >= 0.3 is 0 Å². The van der Waals surface area contributed by atoms with E-state index in [4.69, 9.17) is 5.11 Å². The first-order chi connectivity index (χ1) is 6.83. The van der Waals surface area contributed by atoms with Gasteiger partial charge in [-0.25, -0.2) is 0 Å². The zero-order valence-corrected chi connectivity index (χ0v) is 9.39. The van der Waals surface area contributed by atoms with Gasteiger partial charge in [-0.15, -0.1) is 11.3 Å². The number of aliphatic hydroxyl groups excluding tert-OH is 1. The van der Waals surface area contributed by atoms with Crippen LogP contribution in [0, 0.1) is 5.92 Å². The van der Waals surface area contributed by atoms with Crippen LogP contribution in [0.4, 0.5) is 0 Å². The molecule has 0 saturated carbocycles. The molecule has 80 valence electrons. The molecule has 1 heterocycles. The zero-order valence-electron chi connectivity index (χ0n) is 8.57. The zero-order chi connectivity index (χ0) is 10.2. The predicted molar refractivity (Wildman–Crippen MR) is 59.3 cm³/mol. The van der Waals surface area contributed by atoms with E-state index in [9.17, 15) is 0 Å². The van der Waals surface area contributed by atoms with Gasteiger partial charge in [0.2, 0.25) is 0 Å². The van der Waals surface area contributed by atoms with Gasteiger partial charge in [0, 0.05) is 24.2 Å². The third-order valence-electron chi connectivity index (χ3n) is 2.14. The largest absolute Gasteiger partial charge is 0.396 e. The third-order valence-corrected chi connectivity index (χ3v) is 2.92. The van der Waals surface area contributed by atoms with E-state index in [1.807, 2.05) is 11.7 Å². The lowest BCUT2D eigenvalue weighted by molar-refractivity contribution is 0.228. The second-order valence-electron chi connectivity index (χ2n) is 3.57. The smallest absolute Gasteiger partial charge is 0.0794 e. The second-order valence-corrected chi connectivity index (χ2v) is 4.55. The predicted octanol–water partition coefficient (Wildman–Crippen LogP) is 1.64. The van der Waals surface area contributed by atoms with Crippen molar-refractivity contribution < 1.29 is 5.11 Å². The second kappa shape index (κ2) is 6.92. The summed E-state index contributed by atoms with van der Waals surface area (Å²) in [5.74, 6) is 0.431.